The normalized spacial score (nSPS) is 15.4. The second-order valence-corrected chi connectivity index (χ2v) is 7.74. The predicted octanol–water partition coefficient (Wildman–Crippen LogP) is 2.19. The number of rotatable bonds is 8. The number of hydrogen-bond donors (Lipinski definition) is 0. The smallest absolute Gasteiger partial charge is 0.306 e. The second kappa shape index (κ2) is 8.48. The first kappa shape index (κ1) is 18.7. The van der Waals surface area contributed by atoms with Crippen LogP contribution in [0.2, 0.25) is 0 Å². The van der Waals surface area contributed by atoms with E-state index in [1.165, 1.54) is 0 Å². The molecule has 0 unspecified atom stereocenters. The van der Waals surface area contributed by atoms with E-state index in [1.807, 2.05) is 4.90 Å². The van der Waals surface area contributed by atoms with Gasteiger partial charge in [-0.25, -0.2) is 0 Å². The summed E-state index contributed by atoms with van der Waals surface area (Å²) in [7, 11) is -1.91. The Morgan fingerprint density at radius 1 is 1.21 bits per heavy atom. The summed E-state index contributed by atoms with van der Waals surface area (Å²) >= 11 is 0. The van der Waals surface area contributed by atoms with Gasteiger partial charge in [-0.3, -0.25) is 4.79 Å². The number of nitrogens with zero attached hydrogens (tertiary/aromatic N) is 1. The number of benzene rings is 1. The van der Waals surface area contributed by atoms with E-state index in [4.69, 9.17) is 8.92 Å². The lowest BCUT2D eigenvalue weighted by Crippen LogP contribution is -2.37. The molecule has 1 aliphatic carbocycles. The summed E-state index contributed by atoms with van der Waals surface area (Å²) in [5.74, 6) is 0.572. The molecule has 0 aliphatic heterocycles. The molecule has 1 saturated carbocycles. The summed E-state index contributed by atoms with van der Waals surface area (Å²) in [5.41, 5.74) is 0.929. The monoisotopic (exact) mass is 355 g/mol. The van der Waals surface area contributed by atoms with Gasteiger partial charge in [0.1, 0.15) is 5.75 Å². The Hall–Kier alpha value is -1.60. The molecular formula is C17H25NO5S. The van der Waals surface area contributed by atoms with Gasteiger partial charge in [0.15, 0.2) is 0 Å². The number of ether oxygens (including phenoxy) is 1. The molecule has 6 nitrogen and oxygen atoms in total. The third-order valence-electron chi connectivity index (χ3n) is 4.13. The van der Waals surface area contributed by atoms with Gasteiger partial charge in [-0.2, -0.15) is 8.42 Å². The van der Waals surface area contributed by atoms with Crippen LogP contribution in [0.25, 0.3) is 0 Å². The van der Waals surface area contributed by atoms with Gasteiger partial charge in [0, 0.05) is 26.1 Å². The maximum atomic E-state index is 12.7. The highest BCUT2D eigenvalue weighted by Crippen LogP contribution is 2.27. The SMILES string of the molecule is COCCN(Cc1ccc(OS(C)(=O)=O)cc1)C(=O)C1CCCC1. The van der Waals surface area contributed by atoms with E-state index in [-0.39, 0.29) is 17.6 Å². The highest BCUT2D eigenvalue weighted by atomic mass is 32.2. The fourth-order valence-corrected chi connectivity index (χ4v) is 3.41. The molecule has 1 aliphatic rings. The molecule has 2 rings (SSSR count). The number of carbonyl (C=O) groups is 1. The van der Waals surface area contributed by atoms with Crippen LogP contribution in [0, 0.1) is 5.92 Å². The standard InChI is InChI=1S/C17H25NO5S/c1-22-12-11-18(17(19)15-5-3-4-6-15)13-14-7-9-16(10-8-14)23-24(2,20)21/h7-10,15H,3-6,11-13H2,1-2H3. The Labute approximate surface area is 143 Å². The van der Waals surface area contributed by atoms with Gasteiger partial charge in [-0.15, -0.1) is 0 Å². The van der Waals surface area contributed by atoms with Crippen molar-refractivity contribution in [3.8, 4) is 5.75 Å². The molecule has 0 radical (unpaired) electrons. The van der Waals surface area contributed by atoms with Gasteiger partial charge in [0.25, 0.3) is 0 Å². The Bertz CT molecular complexity index is 635. The minimum Gasteiger partial charge on any atom is -0.383 e. The maximum absolute atomic E-state index is 12.7. The maximum Gasteiger partial charge on any atom is 0.306 e. The molecule has 1 fully saturated rings. The largest absolute Gasteiger partial charge is 0.383 e. The van der Waals surface area contributed by atoms with Crippen LogP contribution < -0.4 is 4.18 Å². The summed E-state index contributed by atoms with van der Waals surface area (Å²) in [5, 5.41) is 0. The minimum atomic E-state index is -3.53. The Kier molecular flexibility index (Phi) is 6.62. The molecule has 0 N–H and O–H groups in total. The quantitative estimate of drug-likeness (QED) is 0.669. The van der Waals surface area contributed by atoms with E-state index in [2.05, 4.69) is 0 Å². The first-order valence-corrected chi connectivity index (χ1v) is 9.97. The topological polar surface area (TPSA) is 72.9 Å². The summed E-state index contributed by atoms with van der Waals surface area (Å²) in [6.07, 6.45) is 5.17. The highest BCUT2D eigenvalue weighted by Gasteiger charge is 2.27. The van der Waals surface area contributed by atoms with E-state index in [1.54, 1.807) is 31.4 Å². The van der Waals surface area contributed by atoms with Crippen LogP contribution in [0.15, 0.2) is 24.3 Å². The van der Waals surface area contributed by atoms with Crippen LogP contribution in [0.1, 0.15) is 31.2 Å². The van der Waals surface area contributed by atoms with Gasteiger partial charge in [-0.05, 0) is 30.5 Å². The lowest BCUT2D eigenvalue weighted by Gasteiger charge is -2.25. The van der Waals surface area contributed by atoms with Gasteiger partial charge >= 0.3 is 10.1 Å². The molecule has 0 saturated heterocycles. The lowest BCUT2D eigenvalue weighted by atomic mass is 10.1. The number of amides is 1. The molecule has 0 bridgehead atoms. The van der Waals surface area contributed by atoms with Gasteiger partial charge in [-0.1, -0.05) is 25.0 Å². The number of methoxy groups -OCH3 is 1. The fourth-order valence-electron chi connectivity index (χ4n) is 2.95. The molecule has 0 heterocycles. The average Bonchev–Trinajstić information content (AvgIpc) is 3.05. The van der Waals surface area contributed by atoms with Crippen LogP contribution in [0.4, 0.5) is 0 Å². The zero-order valence-electron chi connectivity index (χ0n) is 14.2. The molecule has 1 amide bonds. The Balaban J connectivity index is 2.03. The van der Waals surface area contributed by atoms with Crippen molar-refractivity contribution in [1.29, 1.82) is 0 Å². The molecule has 1 aromatic rings. The van der Waals surface area contributed by atoms with Crippen molar-refractivity contribution in [1.82, 2.24) is 4.90 Å². The third-order valence-corrected chi connectivity index (χ3v) is 4.62. The van der Waals surface area contributed by atoms with E-state index in [9.17, 15) is 13.2 Å². The van der Waals surface area contributed by atoms with Crippen molar-refractivity contribution in [2.45, 2.75) is 32.2 Å². The van der Waals surface area contributed by atoms with Crippen molar-refractivity contribution in [3.63, 3.8) is 0 Å². The van der Waals surface area contributed by atoms with Crippen LogP contribution in [0.3, 0.4) is 0 Å². The molecule has 1 aromatic carbocycles. The first-order valence-electron chi connectivity index (χ1n) is 8.15. The van der Waals surface area contributed by atoms with E-state index in [0.29, 0.717) is 19.7 Å². The van der Waals surface area contributed by atoms with Crippen molar-refractivity contribution < 1.29 is 22.1 Å². The Morgan fingerprint density at radius 3 is 2.38 bits per heavy atom. The van der Waals surface area contributed by atoms with Crippen LogP contribution in [0.5, 0.6) is 5.75 Å². The van der Waals surface area contributed by atoms with E-state index < -0.39 is 10.1 Å². The number of hydrogen-bond acceptors (Lipinski definition) is 5. The first-order chi connectivity index (χ1) is 11.4. The molecular weight excluding hydrogens is 330 g/mol. The second-order valence-electron chi connectivity index (χ2n) is 6.17. The summed E-state index contributed by atoms with van der Waals surface area (Å²) < 4.78 is 32.2. The Morgan fingerprint density at radius 2 is 1.83 bits per heavy atom. The third kappa shape index (κ3) is 5.79. The van der Waals surface area contributed by atoms with E-state index in [0.717, 1.165) is 37.5 Å². The molecule has 7 heteroatoms. The molecule has 134 valence electrons. The molecule has 24 heavy (non-hydrogen) atoms. The summed E-state index contributed by atoms with van der Waals surface area (Å²) in [4.78, 5) is 14.5. The van der Waals surface area contributed by atoms with Gasteiger partial charge in [0.2, 0.25) is 5.91 Å². The van der Waals surface area contributed by atoms with E-state index >= 15 is 0 Å². The summed E-state index contributed by atoms with van der Waals surface area (Å²) in [6.45, 7) is 1.53. The van der Waals surface area contributed by atoms with Crippen molar-refractivity contribution in [2.24, 2.45) is 5.92 Å². The lowest BCUT2D eigenvalue weighted by molar-refractivity contribution is -0.136. The van der Waals surface area contributed by atoms with Crippen LogP contribution in [-0.4, -0.2) is 45.7 Å². The zero-order valence-corrected chi connectivity index (χ0v) is 15.0. The molecule has 0 spiro atoms. The molecule has 0 atom stereocenters. The number of carbonyl (C=O) groups excluding carboxylic acids is 1. The van der Waals surface area contributed by atoms with Crippen molar-refractivity contribution in [3.05, 3.63) is 29.8 Å². The average molecular weight is 355 g/mol. The van der Waals surface area contributed by atoms with Crippen molar-refractivity contribution >= 4 is 16.0 Å². The van der Waals surface area contributed by atoms with Crippen LogP contribution >= 0.6 is 0 Å². The van der Waals surface area contributed by atoms with Crippen molar-refractivity contribution in [2.75, 3.05) is 26.5 Å². The highest BCUT2D eigenvalue weighted by molar-refractivity contribution is 7.86. The molecule has 0 aromatic heterocycles. The van der Waals surface area contributed by atoms with Gasteiger partial charge < -0.3 is 13.8 Å². The predicted molar refractivity (Wildman–Crippen MR) is 91.2 cm³/mol. The summed E-state index contributed by atoms with van der Waals surface area (Å²) in [6, 6.07) is 6.76. The van der Waals surface area contributed by atoms with Gasteiger partial charge in [0.05, 0.1) is 12.9 Å². The van der Waals surface area contributed by atoms with Crippen LogP contribution in [-0.2, 0) is 26.2 Å². The fraction of sp³-hybridized carbons (Fsp3) is 0.588. The minimum absolute atomic E-state index is 0.120. The zero-order chi connectivity index (χ0) is 17.6.